The van der Waals surface area contributed by atoms with E-state index in [0.717, 1.165) is 24.9 Å². The Morgan fingerprint density at radius 3 is 2.74 bits per heavy atom. The molecule has 0 saturated heterocycles. The Morgan fingerprint density at radius 1 is 1.44 bits per heavy atom. The predicted molar refractivity (Wildman–Crippen MR) is 115 cm³/mol. The monoisotopic (exact) mass is 515 g/mol. The van der Waals surface area contributed by atoms with Gasteiger partial charge < -0.3 is 15.4 Å². The second-order valence-corrected chi connectivity index (χ2v) is 8.87. The summed E-state index contributed by atoms with van der Waals surface area (Å²) in [6.45, 7) is 5.13. The van der Waals surface area contributed by atoms with Gasteiger partial charge in [-0.1, -0.05) is 0 Å². The van der Waals surface area contributed by atoms with E-state index in [-0.39, 0.29) is 30.0 Å². The highest BCUT2D eigenvalue weighted by Crippen LogP contribution is 2.13. The molecule has 1 atom stereocenters. The van der Waals surface area contributed by atoms with Crippen LogP contribution in [0.1, 0.15) is 31.9 Å². The van der Waals surface area contributed by atoms with Crippen molar-refractivity contribution in [3.8, 4) is 0 Å². The fourth-order valence-electron chi connectivity index (χ4n) is 2.90. The van der Waals surface area contributed by atoms with Crippen molar-refractivity contribution >= 4 is 40.0 Å². The Labute approximate surface area is 178 Å². The first-order valence-corrected chi connectivity index (χ1v) is 10.4. The summed E-state index contributed by atoms with van der Waals surface area (Å²) < 4.78 is 32.4. The highest BCUT2D eigenvalue weighted by atomic mass is 127. The molecule has 0 aromatic carbocycles. The summed E-state index contributed by atoms with van der Waals surface area (Å²) in [4.78, 5) is 8.69. The van der Waals surface area contributed by atoms with Crippen LogP contribution in [-0.4, -0.2) is 67.7 Å². The largest absolute Gasteiger partial charge is 0.377 e. The predicted octanol–water partition coefficient (Wildman–Crippen LogP) is -0.150. The van der Waals surface area contributed by atoms with Gasteiger partial charge in [-0.3, -0.25) is 4.99 Å². The molecule has 10 nitrogen and oxygen atoms in total. The fraction of sp³-hybridized carbons (Fsp3) is 0.800. The average Bonchev–Trinajstić information content (AvgIpc) is 2.91. The summed E-state index contributed by atoms with van der Waals surface area (Å²) in [6, 6.07) is 0.164. The van der Waals surface area contributed by atoms with Crippen LogP contribution in [0.3, 0.4) is 0 Å². The number of guanidine groups is 1. The van der Waals surface area contributed by atoms with Crippen LogP contribution in [0.15, 0.2) is 4.99 Å². The summed E-state index contributed by atoms with van der Waals surface area (Å²) >= 11 is 0. The molecule has 156 valence electrons. The van der Waals surface area contributed by atoms with E-state index in [1.54, 1.807) is 14.2 Å². The number of aliphatic imine (C=N–C) groups is 1. The van der Waals surface area contributed by atoms with Crippen molar-refractivity contribution in [3.63, 3.8) is 0 Å². The number of aromatic nitrogens is 3. The van der Waals surface area contributed by atoms with Gasteiger partial charge in [0.25, 0.3) is 0 Å². The van der Waals surface area contributed by atoms with E-state index >= 15 is 0 Å². The van der Waals surface area contributed by atoms with Crippen molar-refractivity contribution in [2.24, 2.45) is 4.99 Å². The Kier molecular flexibility index (Phi) is 8.89. The summed E-state index contributed by atoms with van der Waals surface area (Å²) in [5.74, 6) is 2.29. The van der Waals surface area contributed by atoms with Crippen molar-refractivity contribution in [2.75, 3.05) is 27.0 Å². The second-order valence-electron chi connectivity index (χ2n) is 7.12. The molecule has 27 heavy (non-hydrogen) atoms. The van der Waals surface area contributed by atoms with Crippen LogP contribution in [0.4, 0.5) is 0 Å². The molecule has 1 aromatic heterocycles. The lowest BCUT2D eigenvalue weighted by molar-refractivity contribution is 0.177. The molecule has 1 unspecified atom stereocenters. The number of sulfonamides is 1. The molecule has 12 heteroatoms. The molecule has 2 heterocycles. The van der Waals surface area contributed by atoms with E-state index in [4.69, 9.17) is 4.74 Å². The molecule has 0 radical (unpaired) electrons. The molecule has 0 saturated carbocycles. The highest BCUT2D eigenvalue weighted by Gasteiger charge is 2.25. The minimum Gasteiger partial charge on any atom is -0.377 e. The van der Waals surface area contributed by atoms with E-state index in [2.05, 4.69) is 30.4 Å². The molecule has 2 rings (SSSR count). The van der Waals surface area contributed by atoms with Gasteiger partial charge in [-0.25, -0.2) is 22.8 Å². The summed E-state index contributed by atoms with van der Waals surface area (Å²) in [5, 5.41) is 11.0. The zero-order valence-electron chi connectivity index (χ0n) is 16.4. The van der Waals surface area contributed by atoms with Crippen LogP contribution in [0.2, 0.25) is 0 Å². The lowest BCUT2D eigenvalue weighted by Crippen LogP contribution is -2.54. The maximum absolute atomic E-state index is 11.4. The van der Waals surface area contributed by atoms with Crippen LogP contribution >= 0.6 is 24.0 Å². The number of nitrogens with one attached hydrogen (secondary N) is 3. The summed E-state index contributed by atoms with van der Waals surface area (Å²) in [7, 11) is 0.0338. The molecular weight excluding hydrogens is 485 g/mol. The zero-order valence-corrected chi connectivity index (χ0v) is 19.6. The Balaban J connectivity index is 0.00000364. The van der Waals surface area contributed by atoms with Gasteiger partial charge >= 0.3 is 0 Å². The standard InChI is InChI=1S/C15H29N7O3S.HI/c1-15(2,21-26(5,23)24)10-17-14(16-3)18-11-6-7-13-19-12(9-25-4)20-22(13)8-11;/h11,21H,6-10H2,1-5H3,(H2,16,17,18);1H. The van der Waals surface area contributed by atoms with E-state index < -0.39 is 15.6 Å². The summed E-state index contributed by atoms with van der Waals surface area (Å²) in [6.07, 6.45) is 2.89. The molecule has 0 bridgehead atoms. The van der Waals surface area contributed by atoms with E-state index in [1.165, 1.54) is 0 Å². The number of ether oxygens (including phenoxy) is 1. The first kappa shape index (κ1) is 24.0. The molecule has 3 N–H and O–H groups in total. The number of hydrogen-bond acceptors (Lipinski definition) is 6. The van der Waals surface area contributed by atoms with Crippen LogP contribution in [0.5, 0.6) is 0 Å². The molecule has 1 aliphatic heterocycles. The molecule has 1 aliphatic rings. The zero-order chi connectivity index (χ0) is 19.4. The highest BCUT2D eigenvalue weighted by molar-refractivity contribution is 14.0. The lowest BCUT2D eigenvalue weighted by Gasteiger charge is -2.29. The minimum atomic E-state index is -3.28. The Hall–Kier alpha value is -0.990. The quantitative estimate of drug-likeness (QED) is 0.262. The third-order valence-electron chi connectivity index (χ3n) is 3.90. The number of nitrogens with zero attached hydrogens (tertiary/aromatic N) is 4. The summed E-state index contributed by atoms with van der Waals surface area (Å²) in [5.41, 5.74) is -0.633. The molecule has 0 spiro atoms. The molecule has 0 aliphatic carbocycles. The minimum absolute atomic E-state index is 0. The molecular formula is C15H30IN7O3S. The number of halogens is 1. The van der Waals surface area contributed by atoms with Crippen LogP contribution < -0.4 is 15.4 Å². The molecule has 0 amide bonds. The topological polar surface area (TPSA) is 123 Å². The van der Waals surface area contributed by atoms with Crippen LogP contribution in [0, 0.1) is 0 Å². The Bertz CT molecular complexity index is 749. The number of fused-ring (bicyclic) bond motifs is 1. The average molecular weight is 515 g/mol. The molecule has 0 fully saturated rings. The van der Waals surface area contributed by atoms with Gasteiger partial charge in [-0.15, -0.1) is 24.0 Å². The SMILES string of the molecule is CN=C(NCC(C)(C)NS(C)(=O)=O)NC1CCc2nc(COC)nn2C1.I. The smallest absolute Gasteiger partial charge is 0.209 e. The molecule has 1 aromatic rings. The number of hydrogen-bond donors (Lipinski definition) is 3. The number of rotatable bonds is 7. The van der Waals surface area contributed by atoms with Crippen LogP contribution in [-0.2, 0) is 34.3 Å². The number of aryl methyl sites for hydroxylation is 1. The van der Waals surface area contributed by atoms with E-state index in [9.17, 15) is 8.42 Å². The number of methoxy groups -OCH3 is 1. The van der Waals surface area contributed by atoms with Crippen molar-refractivity contribution < 1.29 is 13.2 Å². The van der Waals surface area contributed by atoms with Gasteiger partial charge in [-0.05, 0) is 20.3 Å². The first-order chi connectivity index (χ1) is 12.1. The second kappa shape index (κ2) is 9.98. The van der Waals surface area contributed by atoms with Crippen molar-refractivity contribution in [2.45, 2.75) is 51.4 Å². The van der Waals surface area contributed by atoms with Gasteiger partial charge in [0.05, 0.1) is 12.8 Å². The van der Waals surface area contributed by atoms with Crippen molar-refractivity contribution in [1.29, 1.82) is 0 Å². The maximum Gasteiger partial charge on any atom is 0.209 e. The normalized spacial score (nSPS) is 17.8. The van der Waals surface area contributed by atoms with Gasteiger partial charge in [-0.2, -0.15) is 5.10 Å². The lowest BCUT2D eigenvalue weighted by atomic mass is 10.1. The Morgan fingerprint density at radius 2 is 2.15 bits per heavy atom. The third kappa shape index (κ3) is 7.87. The third-order valence-corrected chi connectivity index (χ3v) is 4.82. The van der Waals surface area contributed by atoms with E-state index in [0.29, 0.717) is 31.5 Å². The fourth-order valence-corrected chi connectivity index (χ4v) is 3.98. The van der Waals surface area contributed by atoms with Crippen molar-refractivity contribution in [3.05, 3.63) is 11.6 Å². The van der Waals surface area contributed by atoms with Gasteiger partial charge in [0.15, 0.2) is 11.8 Å². The van der Waals surface area contributed by atoms with Crippen molar-refractivity contribution in [1.82, 2.24) is 30.1 Å². The maximum atomic E-state index is 11.4. The van der Waals surface area contributed by atoms with Gasteiger partial charge in [0.1, 0.15) is 12.4 Å². The van der Waals surface area contributed by atoms with E-state index in [1.807, 2.05) is 18.5 Å². The van der Waals surface area contributed by atoms with Crippen LogP contribution in [0.25, 0.3) is 0 Å². The first-order valence-electron chi connectivity index (χ1n) is 8.49. The van der Waals surface area contributed by atoms with Gasteiger partial charge in [0.2, 0.25) is 10.0 Å². The van der Waals surface area contributed by atoms with Gasteiger partial charge in [0, 0.05) is 38.7 Å².